The molecule has 1 atom stereocenters. The molecule has 0 radical (unpaired) electrons. The molecule has 0 amide bonds. The molecule has 0 aliphatic carbocycles. The summed E-state index contributed by atoms with van der Waals surface area (Å²) in [6.07, 6.45) is 0.203. The summed E-state index contributed by atoms with van der Waals surface area (Å²) in [6, 6.07) is 6.65. The molecule has 3 aromatic heterocycles. The van der Waals surface area contributed by atoms with Crippen LogP contribution in [0.25, 0.3) is 11.3 Å². The first-order valence-corrected chi connectivity index (χ1v) is 10.4. The highest BCUT2D eigenvalue weighted by molar-refractivity contribution is 5.63. The first kappa shape index (κ1) is 22.1. The van der Waals surface area contributed by atoms with Gasteiger partial charge in [-0.2, -0.15) is 18.3 Å². The van der Waals surface area contributed by atoms with E-state index in [0.717, 1.165) is 54.5 Å². The summed E-state index contributed by atoms with van der Waals surface area (Å²) in [7, 11) is 3.90. The minimum Gasteiger partial charge on any atom is -0.363 e. The van der Waals surface area contributed by atoms with Crippen LogP contribution in [-0.2, 0) is 12.7 Å². The molecule has 0 bridgehead atoms. The standard InChI is InChI=1S/C22H26F3N7/c1-15-13-31(8-9-32(15)20-7-5-18(12-27-20)22(23,24)25)14-17-11-28-29-21(17)16-4-6-19(26-10-16)30(2)3/h4-7,10-12,15H,8-9,13-14H2,1-3H3,(H,28,29)/t15-/m1/s1. The smallest absolute Gasteiger partial charge is 0.363 e. The molecule has 32 heavy (non-hydrogen) atoms. The zero-order chi connectivity index (χ0) is 22.9. The Kier molecular flexibility index (Phi) is 6.05. The molecule has 0 saturated carbocycles. The average Bonchev–Trinajstić information content (AvgIpc) is 3.21. The van der Waals surface area contributed by atoms with E-state index in [0.29, 0.717) is 12.4 Å². The van der Waals surface area contributed by atoms with Gasteiger partial charge < -0.3 is 9.80 Å². The third-order valence-corrected chi connectivity index (χ3v) is 5.69. The number of nitrogens with one attached hydrogen (secondary N) is 1. The molecule has 0 aromatic carbocycles. The second kappa shape index (κ2) is 8.78. The van der Waals surface area contributed by atoms with Gasteiger partial charge in [-0.3, -0.25) is 10.00 Å². The molecule has 10 heteroatoms. The molecule has 1 aliphatic rings. The van der Waals surface area contributed by atoms with Gasteiger partial charge in [-0.15, -0.1) is 0 Å². The third kappa shape index (κ3) is 4.69. The number of hydrogen-bond acceptors (Lipinski definition) is 6. The summed E-state index contributed by atoms with van der Waals surface area (Å²) < 4.78 is 38.4. The van der Waals surface area contributed by atoms with Gasteiger partial charge in [0.25, 0.3) is 0 Å². The Morgan fingerprint density at radius 3 is 2.47 bits per heavy atom. The lowest BCUT2D eigenvalue weighted by molar-refractivity contribution is -0.137. The number of halogens is 3. The Balaban J connectivity index is 1.41. The molecule has 170 valence electrons. The second-order valence-corrected chi connectivity index (χ2v) is 8.25. The Morgan fingerprint density at radius 2 is 1.88 bits per heavy atom. The average molecular weight is 445 g/mol. The van der Waals surface area contributed by atoms with Crippen LogP contribution in [0.3, 0.4) is 0 Å². The third-order valence-electron chi connectivity index (χ3n) is 5.69. The Bertz CT molecular complexity index is 1030. The predicted octanol–water partition coefficient (Wildman–Crippen LogP) is 3.66. The van der Waals surface area contributed by atoms with E-state index in [4.69, 9.17) is 0 Å². The highest BCUT2D eigenvalue weighted by Crippen LogP contribution is 2.30. The van der Waals surface area contributed by atoms with Crippen molar-refractivity contribution in [2.45, 2.75) is 25.7 Å². The van der Waals surface area contributed by atoms with Crippen molar-refractivity contribution in [2.24, 2.45) is 0 Å². The van der Waals surface area contributed by atoms with Gasteiger partial charge in [0, 0.05) is 69.8 Å². The van der Waals surface area contributed by atoms with Gasteiger partial charge in [0.05, 0.1) is 17.5 Å². The number of aromatic amines is 1. The van der Waals surface area contributed by atoms with Gasteiger partial charge in [-0.05, 0) is 31.2 Å². The maximum atomic E-state index is 12.8. The van der Waals surface area contributed by atoms with Crippen LogP contribution in [0.5, 0.6) is 0 Å². The van der Waals surface area contributed by atoms with Crippen LogP contribution in [0.2, 0.25) is 0 Å². The van der Waals surface area contributed by atoms with Crippen molar-refractivity contribution in [3.05, 3.63) is 54.0 Å². The van der Waals surface area contributed by atoms with E-state index < -0.39 is 11.7 Å². The van der Waals surface area contributed by atoms with Crippen molar-refractivity contribution in [1.82, 2.24) is 25.1 Å². The van der Waals surface area contributed by atoms with Gasteiger partial charge in [-0.25, -0.2) is 9.97 Å². The number of nitrogens with zero attached hydrogens (tertiary/aromatic N) is 6. The molecule has 1 saturated heterocycles. The van der Waals surface area contributed by atoms with Crippen LogP contribution in [-0.4, -0.2) is 64.8 Å². The van der Waals surface area contributed by atoms with E-state index in [2.05, 4.69) is 36.9 Å². The number of H-pyrrole nitrogens is 1. The molecular formula is C22H26F3N7. The van der Waals surface area contributed by atoms with Gasteiger partial charge in [-0.1, -0.05) is 0 Å². The van der Waals surface area contributed by atoms with E-state index in [9.17, 15) is 13.2 Å². The van der Waals surface area contributed by atoms with E-state index >= 15 is 0 Å². The summed E-state index contributed by atoms with van der Waals surface area (Å²) in [5.74, 6) is 1.46. The van der Waals surface area contributed by atoms with Crippen LogP contribution in [0.4, 0.5) is 24.8 Å². The number of hydrogen-bond donors (Lipinski definition) is 1. The molecule has 4 heterocycles. The zero-order valence-corrected chi connectivity index (χ0v) is 18.3. The fourth-order valence-electron chi connectivity index (χ4n) is 3.96. The number of anilines is 2. The SMILES string of the molecule is C[C@@H]1CN(Cc2cn[nH]c2-c2ccc(N(C)C)nc2)CCN1c1ccc(C(F)(F)F)cn1. The molecular weight excluding hydrogens is 419 g/mol. The van der Waals surface area contributed by atoms with E-state index in [1.165, 1.54) is 6.07 Å². The summed E-state index contributed by atoms with van der Waals surface area (Å²) in [5, 5.41) is 7.31. The fraction of sp³-hybridized carbons (Fsp3) is 0.409. The van der Waals surface area contributed by atoms with Gasteiger partial charge in [0.15, 0.2) is 0 Å². The second-order valence-electron chi connectivity index (χ2n) is 8.25. The molecule has 1 aliphatic heterocycles. The minimum absolute atomic E-state index is 0.115. The Labute approximate surface area is 184 Å². The maximum absolute atomic E-state index is 12.8. The molecule has 1 fully saturated rings. The van der Waals surface area contributed by atoms with Gasteiger partial charge in [0.2, 0.25) is 0 Å². The predicted molar refractivity (Wildman–Crippen MR) is 117 cm³/mol. The number of piperazine rings is 1. The fourth-order valence-corrected chi connectivity index (χ4v) is 3.96. The van der Waals surface area contributed by atoms with Crippen LogP contribution < -0.4 is 9.80 Å². The van der Waals surface area contributed by atoms with Crippen LogP contribution >= 0.6 is 0 Å². The molecule has 7 nitrogen and oxygen atoms in total. The zero-order valence-electron chi connectivity index (χ0n) is 18.3. The monoisotopic (exact) mass is 445 g/mol. The van der Waals surface area contributed by atoms with Crippen molar-refractivity contribution in [2.75, 3.05) is 43.5 Å². The van der Waals surface area contributed by atoms with Crippen molar-refractivity contribution >= 4 is 11.6 Å². The summed E-state index contributed by atoms with van der Waals surface area (Å²) >= 11 is 0. The quantitative estimate of drug-likeness (QED) is 0.647. The Morgan fingerprint density at radius 1 is 1.06 bits per heavy atom. The lowest BCUT2D eigenvalue weighted by Gasteiger charge is -2.40. The van der Waals surface area contributed by atoms with Crippen molar-refractivity contribution < 1.29 is 13.2 Å². The summed E-state index contributed by atoms with van der Waals surface area (Å²) in [4.78, 5) is 14.9. The summed E-state index contributed by atoms with van der Waals surface area (Å²) in [6.45, 7) is 5.01. The van der Waals surface area contributed by atoms with Crippen molar-refractivity contribution in [1.29, 1.82) is 0 Å². The van der Waals surface area contributed by atoms with E-state index in [1.807, 2.05) is 43.5 Å². The maximum Gasteiger partial charge on any atom is 0.417 e. The van der Waals surface area contributed by atoms with Crippen LogP contribution in [0.15, 0.2) is 42.9 Å². The van der Waals surface area contributed by atoms with Gasteiger partial charge in [0.1, 0.15) is 11.6 Å². The largest absolute Gasteiger partial charge is 0.417 e. The highest BCUT2D eigenvalue weighted by Gasteiger charge is 2.31. The highest BCUT2D eigenvalue weighted by atomic mass is 19.4. The molecule has 3 aromatic rings. The first-order chi connectivity index (χ1) is 15.2. The lowest BCUT2D eigenvalue weighted by atomic mass is 10.1. The van der Waals surface area contributed by atoms with E-state index in [-0.39, 0.29) is 6.04 Å². The molecule has 1 N–H and O–H groups in total. The Hall–Kier alpha value is -3.14. The molecule has 0 unspecified atom stereocenters. The normalized spacial score (nSPS) is 17.6. The van der Waals surface area contributed by atoms with Crippen molar-refractivity contribution in [3.8, 4) is 11.3 Å². The van der Waals surface area contributed by atoms with Gasteiger partial charge >= 0.3 is 6.18 Å². The number of alkyl halides is 3. The molecule has 4 rings (SSSR count). The van der Waals surface area contributed by atoms with Crippen LogP contribution in [0, 0.1) is 0 Å². The minimum atomic E-state index is -4.37. The number of rotatable bonds is 5. The number of aromatic nitrogens is 4. The van der Waals surface area contributed by atoms with Crippen LogP contribution in [0.1, 0.15) is 18.1 Å². The number of pyridine rings is 2. The topological polar surface area (TPSA) is 64.2 Å². The van der Waals surface area contributed by atoms with E-state index in [1.54, 1.807) is 0 Å². The lowest BCUT2D eigenvalue weighted by Crippen LogP contribution is -2.51. The molecule has 0 spiro atoms. The summed E-state index contributed by atoms with van der Waals surface area (Å²) in [5.41, 5.74) is 2.27. The van der Waals surface area contributed by atoms with Crippen molar-refractivity contribution in [3.63, 3.8) is 0 Å². The first-order valence-electron chi connectivity index (χ1n) is 10.4.